The van der Waals surface area contributed by atoms with Crippen molar-refractivity contribution in [3.63, 3.8) is 0 Å². The van der Waals surface area contributed by atoms with Gasteiger partial charge in [0.2, 0.25) is 0 Å². The van der Waals surface area contributed by atoms with Crippen LogP contribution in [-0.4, -0.2) is 26.3 Å². The van der Waals surface area contributed by atoms with Crippen LogP contribution in [0.2, 0.25) is 0 Å². The molecule has 0 aromatic heterocycles. The van der Waals surface area contributed by atoms with Crippen LogP contribution in [0.15, 0.2) is 10.5 Å². The Bertz CT molecular complexity index is 475. The first kappa shape index (κ1) is 13.2. The number of piperidine rings is 1. The lowest BCUT2D eigenvalue weighted by atomic mass is 9.90. The third-order valence-corrected chi connectivity index (χ3v) is 4.25. The Morgan fingerprint density at radius 2 is 2.11 bits per heavy atom. The lowest BCUT2D eigenvalue weighted by Gasteiger charge is -2.26. The summed E-state index contributed by atoms with van der Waals surface area (Å²) in [7, 11) is 0. The summed E-state index contributed by atoms with van der Waals surface area (Å²) in [6.07, 6.45) is 2.87. The highest BCUT2D eigenvalue weighted by Crippen LogP contribution is 2.43. The molecule has 1 unspecified atom stereocenters. The fraction of sp³-hybridized carbons (Fsp3) is 0.571. The average Bonchev–Trinajstić information content (AvgIpc) is 2.66. The number of halogens is 2. The third-order valence-electron chi connectivity index (χ3n) is 3.67. The van der Waals surface area contributed by atoms with Gasteiger partial charge in [-0.2, -0.15) is 0 Å². The molecule has 0 amide bonds. The molecular weight excluding hydrogens is 313 g/mol. The zero-order valence-electron chi connectivity index (χ0n) is 10.7. The molecule has 1 atom stereocenters. The molecule has 1 aromatic rings. The normalized spacial score (nSPS) is 22.9. The van der Waals surface area contributed by atoms with Gasteiger partial charge in [0, 0.05) is 30.5 Å². The summed E-state index contributed by atoms with van der Waals surface area (Å²) in [6, 6.07) is 1.68. The van der Waals surface area contributed by atoms with E-state index in [-0.39, 0.29) is 11.7 Å². The molecular formula is C14H17BrFNO2. The predicted molar refractivity (Wildman–Crippen MR) is 74.6 cm³/mol. The van der Waals surface area contributed by atoms with E-state index in [1.54, 1.807) is 6.07 Å². The molecule has 3 nitrogen and oxygen atoms in total. The number of fused-ring (bicyclic) bond motifs is 1. The predicted octanol–water partition coefficient (Wildman–Crippen LogP) is 3.22. The fourth-order valence-electron chi connectivity index (χ4n) is 2.74. The van der Waals surface area contributed by atoms with Crippen LogP contribution in [0.4, 0.5) is 4.39 Å². The Morgan fingerprint density at radius 3 is 2.89 bits per heavy atom. The number of benzene rings is 1. The van der Waals surface area contributed by atoms with Gasteiger partial charge >= 0.3 is 0 Å². The average molecular weight is 330 g/mol. The number of hydrogen-bond acceptors (Lipinski definition) is 3. The molecule has 0 aliphatic carbocycles. The molecule has 2 aliphatic rings. The van der Waals surface area contributed by atoms with E-state index in [1.807, 2.05) is 0 Å². The molecule has 0 spiro atoms. The SMILES string of the molecule is Fc1c(Br)cc2c(c1C1CCCNC1)OCCCO2. The first-order valence-corrected chi connectivity index (χ1v) is 7.55. The highest BCUT2D eigenvalue weighted by Gasteiger charge is 2.28. The van der Waals surface area contributed by atoms with Gasteiger partial charge in [0.25, 0.3) is 0 Å². The van der Waals surface area contributed by atoms with Gasteiger partial charge < -0.3 is 14.8 Å². The van der Waals surface area contributed by atoms with Crippen molar-refractivity contribution in [3.05, 3.63) is 21.9 Å². The van der Waals surface area contributed by atoms with Crippen molar-refractivity contribution in [2.75, 3.05) is 26.3 Å². The number of nitrogens with one attached hydrogen (secondary N) is 1. The van der Waals surface area contributed by atoms with Gasteiger partial charge in [-0.1, -0.05) is 0 Å². The Kier molecular flexibility index (Phi) is 3.93. The van der Waals surface area contributed by atoms with E-state index in [0.29, 0.717) is 34.7 Å². The highest BCUT2D eigenvalue weighted by atomic mass is 79.9. The maximum atomic E-state index is 14.5. The molecule has 104 valence electrons. The highest BCUT2D eigenvalue weighted by molar-refractivity contribution is 9.10. The van der Waals surface area contributed by atoms with Crippen LogP contribution < -0.4 is 14.8 Å². The smallest absolute Gasteiger partial charge is 0.167 e. The zero-order valence-corrected chi connectivity index (χ0v) is 12.3. The molecule has 1 aromatic carbocycles. The van der Waals surface area contributed by atoms with Crippen molar-refractivity contribution in [1.29, 1.82) is 0 Å². The van der Waals surface area contributed by atoms with Crippen molar-refractivity contribution >= 4 is 15.9 Å². The summed E-state index contributed by atoms with van der Waals surface area (Å²) in [6.45, 7) is 3.00. The molecule has 5 heteroatoms. The van der Waals surface area contributed by atoms with Crippen LogP contribution >= 0.6 is 15.9 Å². The number of hydrogen-bond donors (Lipinski definition) is 1. The van der Waals surface area contributed by atoms with Crippen molar-refractivity contribution in [1.82, 2.24) is 5.32 Å². The second kappa shape index (κ2) is 5.67. The van der Waals surface area contributed by atoms with E-state index in [4.69, 9.17) is 9.47 Å². The maximum Gasteiger partial charge on any atom is 0.167 e. The van der Waals surface area contributed by atoms with Crippen LogP contribution in [-0.2, 0) is 0 Å². The Hall–Kier alpha value is -0.810. The maximum absolute atomic E-state index is 14.5. The summed E-state index contributed by atoms with van der Waals surface area (Å²) in [5.41, 5.74) is 0.665. The van der Waals surface area contributed by atoms with Crippen molar-refractivity contribution < 1.29 is 13.9 Å². The molecule has 1 fully saturated rings. The van der Waals surface area contributed by atoms with Crippen molar-refractivity contribution in [2.45, 2.75) is 25.2 Å². The molecule has 0 saturated carbocycles. The molecule has 1 N–H and O–H groups in total. The number of rotatable bonds is 1. The first-order valence-electron chi connectivity index (χ1n) is 6.75. The second-order valence-electron chi connectivity index (χ2n) is 5.01. The zero-order chi connectivity index (χ0) is 13.2. The summed E-state index contributed by atoms with van der Waals surface area (Å²) in [5, 5.41) is 3.32. The Balaban J connectivity index is 2.07. The largest absolute Gasteiger partial charge is 0.490 e. The van der Waals surface area contributed by atoms with Crippen LogP contribution in [0.1, 0.15) is 30.7 Å². The van der Waals surface area contributed by atoms with Gasteiger partial charge in [0.05, 0.1) is 17.7 Å². The van der Waals surface area contributed by atoms with Gasteiger partial charge in [0.15, 0.2) is 11.5 Å². The number of ether oxygens (including phenoxy) is 2. The summed E-state index contributed by atoms with van der Waals surface area (Å²) < 4.78 is 26.4. The van der Waals surface area contributed by atoms with E-state index in [9.17, 15) is 4.39 Å². The Morgan fingerprint density at radius 1 is 1.26 bits per heavy atom. The molecule has 3 rings (SSSR count). The van der Waals surface area contributed by atoms with Gasteiger partial charge in [0.1, 0.15) is 5.82 Å². The minimum absolute atomic E-state index is 0.154. The topological polar surface area (TPSA) is 30.5 Å². The minimum atomic E-state index is -0.210. The van der Waals surface area contributed by atoms with E-state index in [0.717, 1.165) is 32.4 Å². The molecule has 0 bridgehead atoms. The summed E-state index contributed by atoms with van der Waals surface area (Å²) in [4.78, 5) is 0. The fourth-order valence-corrected chi connectivity index (χ4v) is 3.16. The molecule has 2 aliphatic heterocycles. The molecule has 1 saturated heterocycles. The summed E-state index contributed by atoms with van der Waals surface area (Å²) in [5.74, 6) is 1.21. The van der Waals surface area contributed by atoms with Crippen molar-refractivity contribution in [2.24, 2.45) is 0 Å². The minimum Gasteiger partial charge on any atom is -0.490 e. The molecule has 19 heavy (non-hydrogen) atoms. The lowest BCUT2D eigenvalue weighted by Crippen LogP contribution is -2.29. The van der Waals surface area contributed by atoms with E-state index in [1.165, 1.54) is 0 Å². The molecule has 2 heterocycles. The quantitative estimate of drug-likeness (QED) is 0.858. The van der Waals surface area contributed by atoms with Gasteiger partial charge in [-0.15, -0.1) is 0 Å². The standard InChI is InChI=1S/C14H17BrFNO2/c15-10-7-11-14(19-6-2-5-18-11)12(13(10)16)9-3-1-4-17-8-9/h7,9,17H,1-6,8H2. The summed E-state index contributed by atoms with van der Waals surface area (Å²) >= 11 is 3.29. The van der Waals surface area contributed by atoms with Crippen molar-refractivity contribution in [3.8, 4) is 11.5 Å². The van der Waals surface area contributed by atoms with Crippen LogP contribution in [0.3, 0.4) is 0 Å². The monoisotopic (exact) mass is 329 g/mol. The Labute approximate surface area is 120 Å². The lowest BCUT2D eigenvalue weighted by molar-refractivity contribution is 0.294. The molecule has 0 radical (unpaired) electrons. The van der Waals surface area contributed by atoms with Gasteiger partial charge in [-0.3, -0.25) is 0 Å². The van der Waals surface area contributed by atoms with Gasteiger partial charge in [-0.05, 0) is 35.3 Å². The van der Waals surface area contributed by atoms with E-state index >= 15 is 0 Å². The van der Waals surface area contributed by atoms with E-state index in [2.05, 4.69) is 21.2 Å². The van der Waals surface area contributed by atoms with Crippen LogP contribution in [0.5, 0.6) is 11.5 Å². The van der Waals surface area contributed by atoms with E-state index < -0.39 is 0 Å². The van der Waals surface area contributed by atoms with Crippen LogP contribution in [0, 0.1) is 5.82 Å². The van der Waals surface area contributed by atoms with Gasteiger partial charge in [-0.25, -0.2) is 4.39 Å². The third kappa shape index (κ3) is 2.58. The second-order valence-corrected chi connectivity index (χ2v) is 5.86. The first-order chi connectivity index (χ1) is 9.27. The van der Waals surface area contributed by atoms with Crippen LogP contribution in [0.25, 0.3) is 0 Å².